The number of hydrogen-bond acceptors (Lipinski definition) is 4. The van der Waals surface area contributed by atoms with Crippen LogP contribution in [0.4, 0.5) is 0 Å². The molecule has 5 aliphatic carbocycles. The van der Waals surface area contributed by atoms with Gasteiger partial charge in [-0.1, -0.05) is 0 Å². The van der Waals surface area contributed by atoms with Crippen LogP contribution in [-0.2, 0) is 17.6 Å². The average Bonchev–Trinajstić information content (AvgIpc) is 3.02. The minimum absolute atomic E-state index is 0.0575. The van der Waals surface area contributed by atoms with Crippen LogP contribution in [0.5, 0.6) is 0 Å². The summed E-state index contributed by atoms with van der Waals surface area (Å²) >= 11 is 1.67. The number of nitrogens with zero attached hydrogens (tertiary/aromatic N) is 2. The van der Waals surface area contributed by atoms with Gasteiger partial charge in [0, 0.05) is 4.88 Å². The first kappa shape index (κ1) is 17.2. The topological polar surface area (TPSA) is 64.0 Å². The number of nitrogens with one attached hydrogen (secondary N) is 1. The Kier molecular flexibility index (Phi) is 3.63. The third kappa shape index (κ3) is 2.39. The van der Waals surface area contributed by atoms with E-state index in [1.165, 1.54) is 40.8 Å². The van der Waals surface area contributed by atoms with Gasteiger partial charge in [-0.05, 0) is 94.4 Å². The Morgan fingerprint density at radius 1 is 1.11 bits per heavy atom. The van der Waals surface area contributed by atoms with Gasteiger partial charge in [0.2, 0.25) is 5.91 Å². The van der Waals surface area contributed by atoms with E-state index in [0.29, 0.717) is 23.6 Å². The Balaban J connectivity index is 1.39. The number of amides is 1. The van der Waals surface area contributed by atoms with Crippen LogP contribution < -0.4 is 11.0 Å². The van der Waals surface area contributed by atoms with E-state index in [0.717, 1.165) is 48.7 Å². The van der Waals surface area contributed by atoms with Gasteiger partial charge in [0.15, 0.2) is 0 Å². The van der Waals surface area contributed by atoms with Gasteiger partial charge in [-0.3, -0.25) is 15.0 Å². The van der Waals surface area contributed by atoms with Crippen LogP contribution in [0.25, 0.3) is 10.2 Å². The fraction of sp³-hybridized carbons (Fsp3) is 0.682. The number of carbonyl (C=O) groups excluding carboxylic acids is 1. The van der Waals surface area contributed by atoms with E-state index in [9.17, 15) is 9.59 Å². The van der Waals surface area contributed by atoms with E-state index in [4.69, 9.17) is 4.98 Å². The largest absolute Gasteiger partial charge is 0.281 e. The van der Waals surface area contributed by atoms with E-state index in [1.807, 2.05) is 6.92 Å². The second-order valence-electron chi connectivity index (χ2n) is 9.83. The van der Waals surface area contributed by atoms with Crippen molar-refractivity contribution >= 4 is 27.5 Å². The van der Waals surface area contributed by atoms with Crippen molar-refractivity contribution in [2.75, 3.05) is 5.43 Å². The van der Waals surface area contributed by atoms with E-state index >= 15 is 0 Å². The van der Waals surface area contributed by atoms with Crippen LogP contribution >= 0.6 is 11.3 Å². The maximum atomic E-state index is 13.4. The Morgan fingerprint density at radius 3 is 2.43 bits per heavy atom. The van der Waals surface area contributed by atoms with Crippen LogP contribution in [0.1, 0.15) is 67.6 Å². The molecular weight excluding hydrogens is 370 g/mol. The summed E-state index contributed by atoms with van der Waals surface area (Å²) in [7, 11) is 0. The molecule has 0 spiro atoms. The zero-order valence-corrected chi connectivity index (χ0v) is 17.2. The number of rotatable bonds is 2. The molecular formula is C22H27N3O2S. The van der Waals surface area contributed by atoms with Crippen LogP contribution in [0.3, 0.4) is 0 Å². The van der Waals surface area contributed by atoms with Gasteiger partial charge in [0.1, 0.15) is 10.7 Å². The molecule has 5 aliphatic rings. The number of carbonyl (C=O) groups is 1. The minimum atomic E-state index is -0.260. The first-order chi connectivity index (χ1) is 13.5. The summed E-state index contributed by atoms with van der Waals surface area (Å²) in [6.45, 7) is 1.83. The van der Waals surface area contributed by atoms with Gasteiger partial charge in [-0.2, -0.15) is 0 Å². The standard InChI is InChI=1S/C22H27N3O2S/c1-12-23-19-18(16-4-2-3-5-17(16)28-19)20(26)25(12)24-21(27)22-9-13-6-14(10-22)8-15(7-13)11-22/h13-15H,2-11H2,1H3,(H,24,27). The Labute approximate surface area is 168 Å². The average molecular weight is 398 g/mol. The van der Waals surface area contributed by atoms with Crippen molar-refractivity contribution in [3.8, 4) is 0 Å². The normalized spacial score (nSPS) is 33.2. The number of fused-ring (bicyclic) bond motifs is 3. The molecule has 2 heterocycles. The molecule has 0 saturated heterocycles. The van der Waals surface area contributed by atoms with E-state index in [1.54, 1.807) is 11.3 Å². The summed E-state index contributed by atoms with van der Waals surface area (Å²) in [6.07, 6.45) is 11.3. The molecule has 6 heteroatoms. The van der Waals surface area contributed by atoms with Gasteiger partial charge in [0.25, 0.3) is 5.56 Å². The molecule has 2 aromatic rings. The summed E-state index contributed by atoms with van der Waals surface area (Å²) in [5, 5.41) is 0.746. The SMILES string of the molecule is Cc1nc2sc3c(c2c(=O)n1NC(=O)C12CC4CC(CC(C4)C1)C2)CCCC3. The third-order valence-electron chi connectivity index (χ3n) is 7.89. The highest BCUT2D eigenvalue weighted by Gasteiger charge is 2.54. The summed E-state index contributed by atoms with van der Waals surface area (Å²) in [6, 6.07) is 0. The molecule has 148 valence electrons. The number of aromatic nitrogens is 2. The van der Waals surface area contributed by atoms with Crippen LogP contribution in [0, 0.1) is 30.1 Å². The summed E-state index contributed by atoms with van der Waals surface area (Å²) in [4.78, 5) is 33.7. The van der Waals surface area contributed by atoms with Crippen molar-refractivity contribution in [3.05, 3.63) is 26.6 Å². The second-order valence-corrected chi connectivity index (χ2v) is 10.9. The van der Waals surface area contributed by atoms with Gasteiger partial charge < -0.3 is 0 Å². The summed E-state index contributed by atoms with van der Waals surface area (Å²) in [5.74, 6) is 2.77. The van der Waals surface area contributed by atoms with Crippen LogP contribution in [-0.4, -0.2) is 15.6 Å². The highest BCUT2D eigenvalue weighted by molar-refractivity contribution is 7.18. The molecule has 4 fully saturated rings. The monoisotopic (exact) mass is 397 g/mol. The lowest BCUT2D eigenvalue weighted by atomic mass is 9.49. The zero-order valence-electron chi connectivity index (χ0n) is 16.4. The molecule has 0 unspecified atom stereocenters. The fourth-order valence-electron chi connectivity index (χ4n) is 7.05. The molecule has 4 saturated carbocycles. The van der Waals surface area contributed by atoms with Crippen molar-refractivity contribution in [2.24, 2.45) is 23.2 Å². The molecule has 0 radical (unpaired) electrons. The fourth-order valence-corrected chi connectivity index (χ4v) is 8.34. The second kappa shape index (κ2) is 5.91. The van der Waals surface area contributed by atoms with Crippen molar-refractivity contribution in [2.45, 2.75) is 71.1 Å². The van der Waals surface area contributed by atoms with Gasteiger partial charge >= 0.3 is 0 Å². The zero-order chi connectivity index (χ0) is 19.0. The van der Waals surface area contributed by atoms with E-state index in [-0.39, 0.29) is 16.9 Å². The van der Waals surface area contributed by atoms with E-state index < -0.39 is 0 Å². The van der Waals surface area contributed by atoms with Gasteiger partial charge in [0.05, 0.1) is 10.8 Å². The molecule has 5 nitrogen and oxygen atoms in total. The Morgan fingerprint density at radius 2 is 1.75 bits per heavy atom. The Hall–Kier alpha value is -1.69. The summed E-state index contributed by atoms with van der Waals surface area (Å²) < 4.78 is 1.45. The maximum absolute atomic E-state index is 13.4. The Bertz CT molecular complexity index is 1010. The van der Waals surface area contributed by atoms with Crippen molar-refractivity contribution < 1.29 is 4.79 Å². The first-order valence-electron chi connectivity index (χ1n) is 10.9. The highest BCUT2D eigenvalue weighted by Crippen LogP contribution is 2.60. The van der Waals surface area contributed by atoms with Crippen molar-refractivity contribution in [1.82, 2.24) is 9.66 Å². The lowest BCUT2D eigenvalue weighted by molar-refractivity contribution is -0.141. The van der Waals surface area contributed by atoms with Gasteiger partial charge in [-0.15, -0.1) is 11.3 Å². The number of aryl methyl sites for hydroxylation is 3. The molecule has 1 N–H and O–H groups in total. The molecule has 1 amide bonds. The van der Waals surface area contributed by atoms with Crippen LogP contribution in [0.15, 0.2) is 4.79 Å². The third-order valence-corrected chi connectivity index (χ3v) is 9.08. The quantitative estimate of drug-likeness (QED) is 0.835. The highest BCUT2D eigenvalue weighted by atomic mass is 32.1. The summed E-state index contributed by atoms with van der Waals surface area (Å²) in [5.41, 5.74) is 3.87. The predicted octanol–water partition coefficient (Wildman–Crippen LogP) is 3.93. The van der Waals surface area contributed by atoms with Crippen molar-refractivity contribution in [1.29, 1.82) is 0 Å². The van der Waals surface area contributed by atoms with E-state index in [2.05, 4.69) is 5.43 Å². The molecule has 7 rings (SSSR count). The molecule has 0 aromatic carbocycles. The minimum Gasteiger partial charge on any atom is -0.273 e. The molecule has 28 heavy (non-hydrogen) atoms. The predicted molar refractivity (Wildman–Crippen MR) is 110 cm³/mol. The van der Waals surface area contributed by atoms with Crippen LogP contribution in [0.2, 0.25) is 0 Å². The smallest absolute Gasteiger partial charge is 0.273 e. The lowest BCUT2D eigenvalue weighted by Gasteiger charge is -2.55. The maximum Gasteiger partial charge on any atom is 0.281 e. The molecule has 2 aromatic heterocycles. The first-order valence-corrected chi connectivity index (χ1v) is 11.7. The lowest BCUT2D eigenvalue weighted by Crippen LogP contribution is -2.54. The number of hydrogen-bond donors (Lipinski definition) is 1. The van der Waals surface area contributed by atoms with Gasteiger partial charge in [-0.25, -0.2) is 9.66 Å². The van der Waals surface area contributed by atoms with Crippen molar-refractivity contribution in [3.63, 3.8) is 0 Å². The molecule has 0 atom stereocenters. The number of thiophene rings is 1. The molecule has 0 aliphatic heterocycles. The molecule has 4 bridgehead atoms.